The lowest BCUT2D eigenvalue weighted by Crippen LogP contribution is -2.68. The highest BCUT2D eigenvalue weighted by Crippen LogP contribution is 2.22. The first-order valence-electron chi connectivity index (χ1n) is 6.49. The van der Waals surface area contributed by atoms with E-state index in [0.29, 0.717) is 18.1 Å². The Balaban J connectivity index is 1.94. The summed E-state index contributed by atoms with van der Waals surface area (Å²) in [7, 11) is 0. The minimum absolute atomic E-state index is 0.312. The Morgan fingerprint density at radius 1 is 1.33 bits per heavy atom. The average molecular weight is 285 g/mol. The molecule has 0 spiro atoms. The summed E-state index contributed by atoms with van der Waals surface area (Å²) in [6.45, 7) is 1.81. The van der Waals surface area contributed by atoms with Gasteiger partial charge in [-0.25, -0.2) is 4.98 Å². The number of nitrogens with two attached hydrogens (primary N) is 1. The highest BCUT2D eigenvalue weighted by atomic mass is 16.2. The van der Waals surface area contributed by atoms with Gasteiger partial charge < -0.3 is 15.2 Å². The van der Waals surface area contributed by atoms with Gasteiger partial charge in [0, 0.05) is 13.5 Å². The van der Waals surface area contributed by atoms with E-state index in [1.54, 1.807) is 10.9 Å². The number of imidazole rings is 1. The van der Waals surface area contributed by atoms with E-state index in [1.165, 1.54) is 6.92 Å². The second-order valence-corrected chi connectivity index (χ2v) is 5.00. The maximum Gasteiger partial charge on any atom is 0.274 e. The third-order valence-electron chi connectivity index (χ3n) is 3.43. The standard InChI is InChI=1S/C14H15N5O2/c1-9(20)14(15)17-12-11(13(21)18-14)19(8-16-12)7-10-5-3-2-4-6-10/h2-6,8,17H,7,15H2,1H3,(H,18,21). The van der Waals surface area contributed by atoms with Crippen LogP contribution in [0.25, 0.3) is 0 Å². The van der Waals surface area contributed by atoms with Crippen LogP contribution in [-0.4, -0.2) is 27.0 Å². The molecule has 108 valence electrons. The number of carbonyl (C=O) groups excluding carboxylic acids is 2. The summed E-state index contributed by atoms with van der Waals surface area (Å²) < 4.78 is 1.71. The molecule has 0 fully saturated rings. The first kappa shape index (κ1) is 13.3. The minimum Gasteiger partial charge on any atom is -0.327 e. The van der Waals surface area contributed by atoms with Gasteiger partial charge in [0.25, 0.3) is 5.91 Å². The topological polar surface area (TPSA) is 102 Å². The van der Waals surface area contributed by atoms with Gasteiger partial charge in [0.05, 0.1) is 6.33 Å². The van der Waals surface area contributed by atoms with E-state index >= 15 is 0 Å². The summed E-state index contributed by atoms with van der Waals surface area (Å²) >= 11 is 0. The Bertz CT molecular complexity index is 709. The number of benzene rings is 1. The van der Waals surface area contributed by atoms with Gasteiger partial charge in [-0.15, -0.1) is 0 Å². The van der Waals surface area contributed by atoms with Gasteiger partial charge in [-0.2, -0.15) is 0 Å². The van der Waals surface area contributed by atoms with E-state index in [-0.39, 0.29) is 5.78 Å². The number of Topliss-reactive ketones (excluding diaryl/α,β-unsaturated/α-hetero) is 1. The quantitative estimate of drug-likeness (QED) is 0.752. The molecule has 4 N–H and O–H groups in total. The SMILES string of the molecule is CC(=O)C1(N)NC(=O)c2c(ncn2Cc2ccccc2)N1. The van der Waals surface area contributed by atoms with Crippen LogP contribution in [0.2, 0.25) is 0 Å². The number of carbonyl (C=O) groups is 2. The number of amides is 1. The zero-order chi connectivity index (χ0) is 15.0. The molecule has 1 unspecified atom stereocenters. The van der Waals surface area contributed by atoms with Crippen LogP contribution in [0.5, 0.6) is 0 Å². The van der Waals surface area contributed by atoms with Crippen molar-refractivity contribution in [2.24, 2.45) is 5.73 Å². The predicted molar refractivity (Wildman–Crippen MR) is 76.5 cm³/mol. The van der Waals surface area contributed by atoms with Crippen LogP contribution in [0.1, 0.15) is 23.0 Å². The van der Waals surface area contributed by atoms with Crippen molar-refractivity contribution in [1.82, 2.24) is 14.9 Å². The van der Waals surface area contributed by atoms with E-state index in [2.05, 4.69) is 15.6 Å². The number of hydrogen-bond acceptors (Lipinski definition) is 5. The number of ketones is 1. The largest absolute Gasteiger partial charge is 0.327 e. The maximum atomic E-state index is 12.2. The second kappa shape index (κ2) is 4.71. The van der Waals surface area contributed by atoms with Gasteiger partial charge in [-0.3, -0.25) is 15.3 Å². The molecule has 1 atom stereocenters. The van der Waals surface area contributed by atoms with Gasteiger partial charge in [-0.1, -0.05) is 30.3 Å². The zero-order valence-corrected chi connectivity index (χ0v) is 11.5. The molecule has 1 aromatic carbocycles. The minimum atomic E-state index is -1.60. The van der Waals surface area contributed by atoms with Crippen molar-refractivity contribution in [1.29, 1.82) is 0 Å². The summed E-state index contributed by atoms with van der Waals surface area (Å²) in [5, 5.41) is 5.25. The molecule has 7 nitrogen and oxygen atoms in total. The van der Waals surface area contributed by atoms with Gasteiger partial charge in [-0.05, 0) is 5.56 Å². The number of rotatable bonds is 3. The monoisotopic (exact) mass is 285 g/mol. The lowest BCUT2D eigenvalue weighted by atomic mass is 10.1. The molecule has 1 aromatic heterocycles. The zero-order valence-electron chi connectivity index (χ0n) is 11.5. The lowest BCUT2D eigenvalue weighted by molar-refractivity contribution is -0.121. The number of nitrogens with zero attached hydrogens (tertiary/aromatic N) is 2. The van der Waals surface area contributed by atoms with Gasteiger partial charge in [0.1, 0.15) is 0 Å². The molecule has 0 saturated carbocycles. The third kappa shape index (κ3) is 2.27. The van der Waals surface area contributed by atoms with Gasteiger partial charge in [0.15, 0.2) is 17.3 Å². The molecule has 1 aliphatic rings. The molecule has 0 bridgehead atoms. The van der Waals surface area contributed by atoms with Crippen LogP contribution in [0.15, 0.2) is 36.7 Å². The van der Waals surface area contributed by atoms with Crippen molar-refractivity contribution in [3.63, 3.8) is 0 Å². The summed E-state index contributed by atoms with van der Waals surface area (Å²) in [5.74, 6) is -2.10. The van der Waals surface area contributed by atoms with E-state index in [1.807, 2.05) is 30.3 Å². The van der Waals surface area contributed by atoms with Crippen LogP contribution in [-0.2, 0) is 11.3 Å². The fraction of sp³-hybridized carbons (Fsp3) is 0.214. The van der Waals surface area contributed by atoms with Crippen molar-refractivity contribution >= 4 is 17.5 Å². The fourth-order valence-corrected chi connectivity index (χ4v) is 2.24. The Hall–Kier alpha value is -2.67. The summed E-state index contributed by atoms with van der Waals surface area (Å²) in [6.07, 6.45) is 1.55. The van der Waals surface area contributed by atoms with Crippen LogP contribution in [0.3, 0.4) is 0 Å². The summed E-state index contributed by atoms with van der Waals surface area (Å²) in [5.41, 5.74) is 7.23. The summed E-state index contributed by atoms with van der Waals surface area (Å²) in [6, 6.07) is 9.71. The first-order chi connectivity index (χ1) is 9.99. The highest BCUT2D eigenvalue weighted by Gasteiger charge is 2.40. The van der Waals surface area contributed by atoms with Gasteiger partial charge in [0.2, 0.25) is 5.79 Å². The van der Waals surface area contributed by atoms with Crippen LogP contribution >= 0.6 is 0 Å². The van der Waals surface area contributed by atoms with Crippen molar-refractivity contribution < 1.29 is 9.59 Å². The number of fused-ring (bicyclic) bond motifs is 1. The molecule has 21 heavy (non-hydrogen) atoms. The highest BCUT2D eigenvalue weighted by molar-refractivity contribution is 6.05. The molecule has 2 aromatic rings. The summed E-state index contributed by atoms with van der Waals surface area (Å²) in [4.78, 5) is 27.9. The van der Waals surface area contributed by atoms with Crippen LogP contribution in [0, 0.1) is 0 Å². The third-order valence-corrected chi connectivity index (χ3v) is 3.43. The number of nitrogens with one attached hydrogen (secondary N) is 2. The van der Waals surface area contributed by atoms with Crippen LogP contribution < -0.4 is 16.4 Å². The Morgan fingerprint density at radius 3 is 2.71 bits per heavy atom. The molecular weight excluding hydrogens is 270 g/mol. The molecular formula is C14H15N5O2. The molecule has 0 radical (unpaired) electrons. The number of anilines is 1. The smallest absolute Gasteiger partial charge is 0.274 e. The Kier molecular flexibility index (Phi) is 2.99. The average Bonchev–Trinajstić information content (AvgIpc) is 2.82. The van der Waals surface area contributed by atoms with Crippen molar-refractivity contribution in [3.8, 4) is 0 Å². The van der Waals surface area contributed by atoms with E-state index in [4.69, 9.17) is 5.73 Å². The lowest BCUT2D eigenvalue weighted by Gasteiger charge is -2.33. The van der Waals surface area contributed by atoms with E-state index in [0.717, 1.165) is 5.56 Å². The first-order valence-corrected chi connectivity index (χ1v) is 6.49. The van der Waals surface area contributed by atoms with Crippen LogP contribution in [0.4, 0.5) is 5.82 Å². The van der Waals surface area contributed by atoms with Crippen molar-refractivity contribution in [2.45, 2.75) is 19.3 Å². The molecule has 7 heteroatoms. The fourth-order valence-electron chi connectivity index (χ4n) is 2.24. The molecule has 2 heterocycles. The molecule has 1 amide bonds. The normalized spacial score (nSPS) is 20.4. The van der Waals surface area contributed by atoms with E-state index in [9.17, 15) is 9.59 Å². The Labute approximate surface area is 121 Å². The number of aromatic nitrogens is 2. The Morgan fingerprint density at radius 2 is 2.05 bits per heavy atom. The molecule has 0 aliphatic carbocycles. The number of hydrogen-bond donors (Lipinski definition) is 3. The molecule has 0 saturated heterocycles. The van der Waals surface area contributed by atoms with Crippen molar-refractivity contribution in [3.05, 3.63) is 47.9 Å². The molecule has 3 rings (SSSR count). The maximum absolute atomic E-state index is 12.2. The predicted octanol–water partition coefficient (Wildman–Crippen LogP) is 0.288. The molecule has 1 aliphatic heterocycles. The second-order valence-electron chi connectivity index (χ2n) is 5.00. The van der Waals surface area contributed by atoms with Crippen molar-refractivity contribution in [2.75, 3.05) is 5.32 Å². The van der Waals surface area contributed by atoms with E-state index < -0.39 is 11.7 Å². The van der Waals surface area contributed by atoms with Gasteiger partial charge >= 0.3 is 0 Å².